The summed E-state index contributed by atoms with van der Waals surface area (Å²) in [6.45, 7) is 4.11. The molecule has 1 saturated carbocycles. The molecule has 1 N–H and O–H groups in total. The highest BCUT2D eigenvalue weighted by molar-refractivity contribution is 5.95. The molecule has 2 heterocycles. The van der Waals surface area contributed by atoms with Crippen LogP contribution in [0.1, 0.15) is 23.5 Å². The van der Waals surface area contributed by atoms with Gasteiger partial charge < -0.3 is 14.8 Å². The van der Waals surface area contributed by atoms with Gasteiger partial charge in [-0.3, -0.25) is 4.79 Å². The zero-order valence-corrected chi connectivity index (χ0v) is 17.3. The quantitative estimate of drug-likeness (QED) is 0.649. The molecule has 7 heteroatoms. The maximum absolute atomic E-state index is 13.0. The normalized spacial score (nSPS) is 19.8. The highest BCUT2D eigenvalue weighted by Crippen LogP contribution is 2.55. The fourth-order valence-electron chi connectivity index (χ4n) is 3.72. The van der Waals surface area contributed by atoms with Crippen LogP contribution in [0.2, 0.25) is 0 Å². The number of anilines is 1. The van der Waals surface area contributed by atoms with Gasteiger partial charge in [-0.05, 0) is 31.9 Å². The van der Waals surface area contributed by atoms with Gasteiger partial charge in [0.05, 0.1) is 31.5 Å². The van der Waals surface area contributed by atoms with Crippen LogP contribution in [0.25, 0.3) is 0 Å². The number of benzene rings is 1. The van der Waals surface area contributed by atoms with Gasteiger partial charge in [0.25, 0.3) is 0 Å². The van der Waals surface area contributed by atoms with Crippen molar-refractivity contribution in [1.29, 1.82) is 0 Å². The Labute approximate surface area is 175 Å². The van der Waals surface area contributed by atoms with Crippen molar-refractivity contribution >= 4 is 11.7 Å². The summed E-state index contributed by atoms with van der Waals surface area (Å²) < 4.78 is 11.3. The maximum Gasteiger partial charge on any atom is 0.229 e. The second-order valence-corrected chi connectivity index (χ2v) is 7.50. The summed E-state index contributed by atoms with van der Waals surface area (Å²) >= 11 is 0. The zero-order chi connectivity index (χ0) is 21.1. The molecule has 0 bridgehead atoms. The summed E-state index contributed by atoms with van der Waals surface area (Å²) in [5, 5.41) is 2.91. The zero-order valence-electron chi connectivity index (χ0n) is 17.3. The second-order valence-electron chi connectivity index (χ2n) is 7.50. The Bertz CT molecular complexity index is 1060. The molecule has 30 heavy (non-hydrogen) atoms. The number of rotatable bonds is 7. The number of aryl methyl sites for hydroxylation is 2. The molecule has 2 aromatic heterocycles. The molecule has 154 valence electrons. The largest absolute Gasteiger partial charge is 0.497 e. The molecule has 3 aromatic rings. The van der Waals surface area contributed by atoms with Crippen LogP contribution in [-0.2, 0) is 10.2 Å². The number of hydrogen-bond acceptors (Lipinski definition) is 6. The third-order valence-corrected chi connectivity index (χ3v) is 5.50. The van der Waals surface area contributed by atoms with E-state index in [1.54, 1.807) is 31.6 Å². The van der Waals surface area contributed by atoms with Crippen molar-refractivity contribution in [2.75, 3.05) is 19.0 Å². The smallest absolute Gasteiger partial charge is 0.229 e. The van der Waals surface area contributed by atoms with Crippen LogP contribution in [0.4, 0.5) is 5.82 Å². The number of methoxy groups -OCH3 is 1. The molecule has 7 nitrogen and oxygen atoms in total. The SMILES string of the molecule is COc1ccnc(NC(=O)[C@@H]2C[C@@]2(COc2cnc(C)nc2C)c2ccccc2)c1. The predicted octanol–water partition coefficient (Wildman–Crippen LogP) is 3.47. The fourth-order valence-corrected chi connectivity index (χ4v) is 3.72. The van der Waals surface area contributed by atoms with Crippen LogP contribution >= 0.6 is 0 Å². The summed E-state index contributed by atoms with van der Waals surface area (Å²) in [6, 6.07) is 13.4. The lowest BCUT2D eigenvalue weighted by atomic mass is 9.93. The van der Waals surface area contributed by atoms with Gasteiger partial charge in [-0.1, -0.05) is 30.3 Å². The van der Waals surface area contributed by atoms with Crippen molar-refractivity contribution in [1.82, 2.24) is 15.0 Å². The van der Waals surface area contributed by atoms with Gasteiger partial charge in [0.2, 0.25) is 5.91 Å². The van der Waals surface area contributed by atoms with Gasteiger partial charge in [-0.25, -0.2) is 15.0 Å². The third-order valence-electron chi connectivity index (χ3n) is 5.50. The molecule has 0 saturated heterocycles. The first-order valence-corrected chi connectivity index (χ1v) is 9.81. The molecule has 0 radical (unpaired) electrons. The average molecular weight is 404 g/mol. The van der Waals surface area contributed by atoms with Crippen molar-refractivity contribution in [3.63, 3.8) is 0 Å². The van der Waals surface area contributed by atoms with E-state index in [1.165, 1.54) is 0 Å². The summed E-state index contributed by atoms with van der Waals surface area (Å²) in [6.07, 6.45) is 3.99. The van der Waals surface area contributed by atoms with Crippen LogP contribution < -0.4 is 14.8 Å². The number of carbonyl (C=O) groups excluding carboxylic acids is 1. The maximum atomic E-state index is 13.0. The van der Waals surface area contributed by atoms with E-state index < -0.39 is 5.41 Å². The van der Waals surface area contributed by atoms with Gasteiger partial charge in [0.15, 0.2) is 5.75 Å². The molecule has 0 unspecified atom stereocenters. The Morgan fingerprint density at radius 1 is 1.20 bits per heavy atom. The van der Waals surface area contributed by atoms with Crippen LogP contribution in [-0.4, -0.2) is 34.6 Å². The lowest BCUT2D eigenvalue weighted by molar-refractivity contribution is -0.117. The number of pyridine rings is 1. The summed E-state index contributed by atoms with van der Waals surface area (Å²) in [7, 11) is 1.58. The number of carbonyl (C=O) groups is 1. The Balaban J connectivity index is 1.53. The Hall–Kier alpha value is -3.48. The van der Waals surface area contributed by atoms with Gasteiger partial charge in [0, 0.05) is 17.7 Å². The minimum Gasteiger partial charge on any atom is -0.497 e. The fraction of sp³-hybridized carbons (Fsp3) is 0.304. The standard InChI is InChI=1S/C23H24N4O3/c1-15-20(13-25-16(2)26-15)30-14-23(17-7-5-4-6-8-17)12-19(23)22(28)27-21-11-18(29-3)9-10-24-21/h4-11,13,19H,12,14H2,1-3H3,(H,24,27,28)/t19-,23+/m0/s1. The Morgan fingerprint density at radius 3 is 2.73 bits per heavy atom. The first kappa shape index (κ1) is 19.8. The van der Waals surface area contributed by atoms with E-state index in [9.17, 15) is 4.79 Å². The Kier molecular flexibility index (Phi) is 5.35. The molecular weight excluding hydrogens is 380 g/mol. The van der Waals surface area contributed by atoms with Crippen molar-refractivity contribution in [2.24, 2.45) is 5.92 Å². The second kappa shape index (κ2) is 8.10. The summed E-state index contributed by atoms with van der Waals surface area (Å²) in [5.41, 5.74) is 1.46. The van der Waals surface area contributed by atoms with Crippen LogP contribution in [0.5, 0.6) is 11.5 Å². The van der Waals surface area contributed by atoms with E-state index in [0.717, 1.165) is 11.3 Å². The summed E-state index contributed by atoms with van der Waals surface area (Å²) in [4.78, 5) is 25.8. The molecule has 2 atom stereocenters. The predicted molar refractivity (Wildman–Crippen MR) is 113 cm³/mol. The average Bonchev–Trinajstić information content (AvgIpc) is 3.50. The van der Waals surface area contributed by atoms with E-state index in [-0.39, 0.29) is 11.8 Å². The molecule has 1 aliphatic rings. The highest BCUT2D eigenvalue weighted by atomic mass is 16.5. The van der Waals surface area contributed by atoms with Crippen molar-refractivity contribution in [2.45, 2.75) is 25.7 Å². The van der Waals surface area contributed by atoms with Crippen LogP contribution in [0, 0.1) is 19.8 Å². The van der Waals surface area contributed by atoms with E-state index in [4.69, 9.17) is 9.47 Å². The van der Waals surface area contributed by atoms with Crippen molar-refractivity contribution in [3.8, 4) is 11.5 Å². The van der Waals surface area contributed by atoms with E-state index in [0.29, 0.717) is 36.2 Å². The van der Waals surface area contributed by atoms with E-state index in [2.05, 4.69) is 20.3 Å². The van der Waals surface area contributed by atoms with Crippen molar-refractivity contribution < 1.29 is 14.3 Å². The van der Waals surface area contributed by atoms with E-state index >= 15 is 0 Å². The van der Waals surface area contributed by atoms with Crippen LogP contribution in [0.3, 0.4) is 0 Å². The van der Waals surface area contributed by atoms with Gasteiger partial charge in [-0.15, -0.1) is 0 Å². The number of ether oxygens (including phenoxy) is 2. The lowest BCUT2D eigenvalue weighted by Crippen LogP contribution is -2.27. The molecule has 0 spiro atoms. The molecule has 1 fully saturated rings. The number of aromatic nitrogens is 3. The number of amides is 1. The van der Waals surface area contributed by atoms with Crippen molar-refractivity contribution in [3.05, 3.63) is 71.9 Å². The molecule has 0 aliphatic heterocycles. The number of nitrogens with one attached hydrogen (secondary N) is 1. The molecule has 1 aromatic carbocycles. The topological polar surface area (TPSA) is 86.2 Å². The third kappa shape index (κ3) is 3.96. The summed E-state index contributed by atoms with van der Waals surface area (Å²) in [5.74, 6) is 2.14. The first-order valence-electron chi connectivity index (χ1n) is 9.81. The highest BCUT2D eigenvalue weighted by Gasteiger charge is 2.60. The van der Waals surface area contributed by atoms with Gasteiger partial charge in [-0.2, -0.15) is 0 Å². The minimum absolute atomic E-state index is 0.0833. The van der Waals surface area contributed by atoms with Gasteiger partial charge in [0.1, 0.15) is 17.4 Å². The minimum atomic E-state index is -0.401. The lowest BCUT2D eigenvalue weighted by Gasteiger charge is -2.19. The molecule has 4 rings (SSSR count). The van der Waals surface area contributed by atoms with Crippen LogP contribution in [0.15, 0.2) is 54.9 Å². The molecule has 1 amide bonds. The monoisotopic (exact) mass is 404 g/mol. The number of hydrogen-bond donors (Lipinski definition) is 1. The van der Waals surface area contributed by atoms with E-state index in [1.807, 2.05) is 44.2 Å². The number of nitrogens with zero attached hydrogens (tertiary/aromatic N) is 3. The Morgan fingerprint density at radius 2 is 2.00 bits per heavy atom. The molecule has 1 aliphatic carbocycles. The first-order chi connectivity index (χ1) is 14.5. The van der Waals surface area contributed by atoms with Gasteiger partial charge >= 0.3 is 0 Å². The molecular formula is C23H24N4O3.